The minimum absolute atomic E-state index is 0.0570. The van der Waals surface area contributed by atoms with E-state index in [0.29, 0.717) is 49.6 Å². The summed E-state index contributed by atoms with van der Waals surface area (Å²) in [6.07, 6.45) is 3.67. The number of benzene rings is 4. The standard InChI is InChI=1S/C52H54Br2N6O10/c1-31-36(29-69-49-16-47(67-27-34-10-33(18-55)19-57-20-34)38(12-45(49)53)22-59-25-41(61)14-51(63)64)6-4-8-43(31)44-9-5-7-37(32(44)2)30-70-50-17-48(68-28-35-11-40(56-3)24-58-21-35)39(13-46(50)54)23-60-26-42(62)15-52(65)66/h4-13,16-17,19-21,24,41-42,56,59-62H,14-15,22-23,25-30H2,1-3H3,(H,63,64)(H,65,66)/t41-,42-/m0/s1. The minimum Gasteiger partial charge on any atom is -0.488 e. The number of aliphatic carboxylic acids is 2. The molecule has 7 N–H and O–H groups in total. The molecule has 0 aliphatic heterocycles. The fourth-order valence-electron chi connectivity index (χ4n) is 7.44. The van der Waals surface area contributed by atoms with Gasteiger partial charge in [0.15, 0.2) is 0 Å². The van der Waals surface area contributed by atoms with E-state index in [-0.39, 0.29) is 58.9 Å². The van der Waals surface area contributed by atoms with E-state index in [2.05, 4.69) is 89.8 Å². The van der Waals surface area contributed by atoms with E-state index in [0.717, 1.165) is 55.8 Å². The van der Waals surface area contributed by atoms with Gasteiger partial charge in [-0.2, -0.15) is 5.26 Å². The van der Waals surface area contributed by atoms with Crippen molar-refractivity contribution in [3.63, 3.8) is 0 Å². The number of aromatic nitrogens is 2. The van der Waals surface area contributed by atoms with Crippen molar-refractivity contribution in [3.05, 3.63) is 157 Å². The van der Waals surface area contributed by atoms with Gasteiger partial charge in [-0.25, -0.2) is 0 Å². The molecule has 2 aromatic heterocycles. The lowest BCUT2D eigenvalue weighted by molar-refractivity contribution is -0.140. The van der Waals surface area contributed by atoms with Crippen LogP contribution >= 0.6 is 31.9 Å². The van der Waals surface area contributed by atoms with Crippen molar-refractivity contribution in [2.75, 3.05) is 25.5 Å². The predicted octanol–water partition coefficient (Wildman–Crippen LogP) is 8.37. The number of carbonyl (C=O) groups is 2. The van der Waals surface area contributed by atoms with E-state index in [1.54, 1.807) is 30.7 Å². The molecular weight excluding hydrogens is 1030 g/mol. The average Bonchev–Trinajstić information content (AvgIpc) is 3.33. The fraction of sp³-hybridized carbons (Fsp3) is 0.288. The van der Waals surface area contributed by atoms with Crippen molar-refractivity contribution in [2.24, 2.45) is 0 Å². The number of carboxylic acid groups (broad SMARTS) is 2. The largest absolute Gasteiger partial charge is 0.488 e. The van der Waals surface area contributed by atoms with Crippen LogP contribution in [0.25, 0.3) is 11.1 Å². The molecule has 2 heterocycles. The molecule has 0 bridgehead atoms. The van der Waals surface area contributed by atoms with Gasteiger partial charge < -0.3 is 55.3 Å². The third kappa shape index (κ3) is 15.2. The Bertz CT molecular complexity index is 2820. The summed E-state index contributed by atoms with van der Waals surface area (Å²) in [6.45, 7) is 5.65. The van der Waals surface area contributed by atoms with Crippen LogP contribution < -0.4 is 34.9 Å². The number of halogens is 2. The average molecular weight is 1080 g/mol. The van der Waals surface area contributed by atoms with Gasteiger partial charge in [0.2, 0.25) is 0 Å². The third-order valence-electron chi connectivity index (χ3n) is 11.2. The summed E-state index contributed by atoms with van der Waals surface area (Å²) in [5.74, 6) is -0.0681. The highest BCUT2D eigenvalue weighted by molar-refractivity contribution is 9.11. The number of nitrogens with zero attached hydrogens (tertiary/aromatic N) is 3. The van der Waals surface area contributed by atoms with Crippen molar-refractivity contribution in [3.8, 4) is 40.2 Å². The first-order valence-corrected chi connectivity index (χ1v) is 23.8. The molecule has 16 nitrogen and oxygen atoms in total. The Kier molecular flexibility index (Phi) is 19.5. The van der Waals surface area contributed by atoms with Crippen molar-refractivity contribution in [2.45, 2.75) is 78.4 Å². The highest BCUT2D eigenvalue weighted by Crippen LogP contribution is 2.38. The van der Waals surface area contributed by atoms with Crippen LogP contribution in [-0.2, 0) is 49.1 Å². The highest BCUT2D eigenvalue weighted by atomic mass is 79.9. The summed E-state index contributed by atoms with van der Waals surface area (Å²) in [6, 6.07) is 25.3. The van der Waals surface area contributed by atoms with Crippen LogP contribution in [0.1, 0.15) is 62.9 Å². The maximum atomic E-state index is 11.1. The Morgan fingerprint density at radius 3 is 1.54 bits per heavy atom. The number of pyridine rings is 2. The molecule has 0 amide bonds. The fourth-order valence-corrected chi connectivity index (χ4v) is 8.45. The number of aliphatic hydroxyl groups excluding tert-OH is 2. The van der Waals surface area contributed by atoms with Crippen LogP contribution in [0.4, 0.5) is 5.69 Å². The van der Waals surface area contributed by atoms with E-state index in [1.165, 1.54) is 6.20 Å². The Balaban J connectivity index is 1.18. The van der Waals surface area contributed by atoms with E-state index in [4.69, 9.17) is 29.2 Å². The zero-order chi connectivity index (χ0) is 50.2. The van der Waals surface area contributed by atoms with Gasteiger partial charge in [0.1, 0.15) is 55.5 Å². The van der Waals surface area contributed by atoms with E-state index in [9.17, 15) is 25.1 Å². The van der Waals surface area contributed by atoms with Crippen LogP contribution in [-0.4, -0.2) is 74.7 Å². The second-order valence-corrected chi connectivity index (χ2v) is 18.1. The zero-order valence-electron chi connectivity index (χ0n) is 38.8. The topological polar surface area (TPSA) is 238 Å². The Morgan fingerprint density at radius 2 is 1.09 bits per heavy atom. The van der Waals surface area contributed by atoms with Gasteiger partial charge in [-0.1, -0.05) is 36.4 Å². The molecule has 0 spiro atoms. The molecule has 366 valence electrons. The second-order valence-electron chi connectivity index (χ2n) is 16.4. The van der Waals surface area contributed by atoms with Gasteiger partial charge >= 0.3 is 11.9 Å². The number of ether oxygens (including phenoxy) is 4. The Hall–Kier alpha value is -6.59. The zero-order valence-corrected chi connectivity index (χ0v) is 42.0. The first-order valence-electron chi connectivity index (χ1n) is 22.2. The lowest BCUT2D eigenvalue weighted by Gasteiger charge is -2.19. The van der Waals surface area contributed by atoms with Gasteiger partial charge in [-0.05, 0) is 103 Å². The van der Waals surface area contributed by atoms with E-state index >= 15 is 0 Å². The summed E-state index contributed by atoms with van der Waals surface area (Å²) in [5, 5.41) is 57.1. The molecule has 0 saturated heterocycles. The number of aliphatic hydroxyl groups is 2. The molecule has 0 aliphatic carbocycles. The quantitative estimate of drug-likeness (QED) is 0.0270. The first kappa shape index (κ1) is 52.8. The monoisotopic (exact) mass is 1080 g/mol. The minimum atomic E-state index is -1.09. The normalized spacial score (nSPS) is 11.9. The van der Waals surface area contributed by atoms with Gasteiger partial charge in [0, 0.05) is 92.4 Å². The molecule has 0 saturated carbocycles. The third-order valence-corrected chi connectivity index (χ3v) is 12.4. The molecule has 2 atom stereocenters. The number of nitriles is 1. The summed E-state index contributed by atoms with van der Waals surface area (Å²) < 4.78 is 26.9. The molecule has 6 rings (SSSR count). The van der Waals surface area contributed by atoms with Crippen LogP contribution in [0.3, 0.4) is 0 Å². The molecule has 70 heavy (non-hydrogen) atoms. The molecule has 18 heteroatoms. The summed E-state index contributed by atoms with van der Waals surface area (Å²) >= 11 is 7.34. The predicted molar refractivity (Wildman–Crippen MR) is 270 cm³/mol. The molecule has 0 unspecified atom stereocenters. The smallest absolute Gasteiger partial charge is 0.306 e. The molecule has 0 fully saturated rings. The van der Waals surface area contributed by atoms with Crippen LogP contribution in [0.15, 0.2) is 107 Å². The van der Waals surface area contributed by atoms with Crippen molar-refractivity contribution in [1.82, 2.24) is 20.6 Å². The summed E-state index contributed by atoms with van der Waals surface area (Å²) in [5.41, 5.74) is 10.3. The van der Waals surface area contributed by atoms with Gasteiger partial charge in [-0.3, -0.25) is 19.6 Å². The number of hydrogen-bond donors (Lipinski definition) is 7. The second kappa shape index (κ2) is 25.9. The number of hydrogen-bond acceptors (Lipinski definition) is 14. The Labute approximate surface area is 422 Å². The van der Waals surface area contributed by atoms with Crippen LogP contribution in [0.5, 0.6) is 23.0 Å². The lowest BCUT2D eigenvalue weighted by Crippen LogP contribution is -2.28. The maximum absolute atomic E-state index is 11.1. The lowest BCUT2D eigenvalue weighted by atomic mass is 9.92. The van der Waals surface area contributed by atoms with Crippen molar-refractivity contribution < 1.29 is 49.0 Å². The summed E-state index contributed by atoms with van der Waals surface area (Å²) in [4.78, 5) is 30.6. The molecule has 0 radical (unpaired) electrons. The van der Waals surface area contributed by atoms with Crippen molar-refractivity contribution in [1.29, 1.82) is 5.26 Å². The molecular formula is C52H54Br2N6O10. The van der Waals surface area contributed by atoms with E-state index in [1.807, 2.05) is 55.6 Å². The van der Waals surface area contributed by atoms with Crippen molar-refractivity contribution >= 4 is 49.5 Å². The number of nitrogens with one attached hydrogen (secondary N) is 3. The van der Waals surface area contributed by atoms with Gasteiger partial charge in [0.25, 0.3) is 0 Å². The number of carboxylic acids is 2. The van der Waals surface area contributed by atoms with Crippen LogP contribution in [0, 0.1) is 25.2 Å². The molecule has 6 aromatic rings. The summed E-state index contributed by atoms with van der Waals surface area (Å²) in [7, 11) is 1.82. The first-order chi connectivity index (χ1) is 33.7. The highest BCUT2D eigenvalue weighted by Gasteiger charge is 2.18. The van der Waals surface area contributed by atoms with Gasteiger partial charge in [-0.15, -0.1) is 0 Å². The molecule has 4 aromatic carbocycles. The van der Waals surface area contributed by atoms with Gasteiger partial charge in [0.05, 0.1) is 45.2 Å². The van der Waals surface area contributed by atoms with Crippen LogP contribution in [0.2, 0.25) is 0 Å². The van der Waals surface area contributed by atoms with E-state index < -0.39 is 24.1 Å². The SMILES string of the molecule is CNc1cncc(COc2cc(OCc3cccc(-c4cccc(COc5cc(OCc6cncc(C#N)c6)c(CNC[C@@H](O)CC(=O)O)cc5Br)c4C)c3C)c(Br)cc2CNC[C@@H](O)CC(=O)O)c1. The number of rotatable bonds is 26. The number of anilines is 1. The molecule has 0 aliphatic rings. The maximum Gasteiger partial charge on any atom is 0.306 e. The Morgan fingerprint density at radius 1 is 0.629 bits per heavy atom.